The SMILES string of the molecule is CC(C)=CCC[C@H](N)CC=O. The number of nitrogens with two attached hydrogens (primary N) is 1. The Labute approximate surface area is 68.5 Å². The van der Waals surface area contributed by atoms with Gasteiger partial charge in [0.05, 0.1) is 0 Å². The van der Waals surface area contributed by atoms with E-state index < -0.39 is 0 Å². The molecule has 0 spiro atoms. The Bertz CT molecular complexity index is 136. The molecule has 0 saturated heterocycles. The molecule has 64 valence electrons. The third kappa shape index (κ3) is 7.26. The maximum atomic E-state index is 10.0. The molecule has 0 bridgehead atoms. The third-order valence-corrected chi connectivity index (χ3v) is 1.49. The number of carbonyl (C=O) groups excluding carboxylic acids is 1. The molecule has 0 aromatic heterocycles. The predicted octanol–water partition coefficient (Wildman–Crippen LogP) is 1.65. The van der Waals surface area contributed by atoms with Gasteiger partial charge in [-0.05, 0) is 26.7 Å². The Kier molecular flexibility index (Phi) is 5.75. The van der Waals surface area contributed by atoms with Crippen molar-refractivity contribution in [3.05, 3.63) is 11.6 Å². The van der Waals surface area contributed by atoms with E-state index in [9.17, 15) is 4.79 Å². The van der Waals surface area contributed by atoms with Crippen LogP contribution in [0.15, 0.2) is 11.6 Å². The first kappa shape index (κ1) is 10.4. The van der Waals surface area contributed by atoms with E-state index in [1.807, 2.05) is 0 Å². The van der Waals surface area contributed by atoms with Gasteiger partial charge in [-0.25, -0.2) is 0 Å². The molecule has 1 atom stereocenters. The molecule has 0 saturated carbocycles. The van der Waals surface area contributed by atoms with Gasteiger partial charge in [0.15, 0.2) is 0 Å². The van der Waals surface area contributed by atoms with Gasteiger partial charge in [0.2, 0.25) is 0 Å². The van der Waals surface area contributed by atoms with Crippen LogP contribution in [0.1, 0.15) is 33.1 Å². The molecule has 11 heavy (non-hydrogen) atoms. The topological polar surface area (TPSA) is 43.1 Å². The second-order valence-electron chi connectivity index (χ2n) is 3.02. The quantitative estimate of drug-likeness (QED) is 0.484. The normalized spacial score (nSPS) is 12.3. The zero-order valence-corrected chi connectivity index (χ0v) is 7.34. The summed E-state index contributed by atoms with van der Waals surface area (Å²) >= 11 is 0. The number of carbonyl (C=O) groups is 1. The van der Waals surface area contributed by atoms with Crippen molar-refractivity contribution in [3.63, 3.8) is 0 Å². The van der Waals surface area contributed by atoms with Crippen molar-refractivity contribution in [2.75, 3.05) is 0 Å². The van der Waals surface area contributed by atoms with Crippen LogP contribution in [-0.2, 0) is 4.79 Å². The van der Waals surface area contributed by atoms with Gasteiger partial charge in [0.1, 0.15) is 6.29 Å². The lowest BCUT2D eigenvalue weighted by atomic mass is 10.1. The summed E-state index contributed by atoms with van der Waals surface area (Å²) in [7, 11) is 0. The van der Waals surface area contributed by atoms with E-state index in [0.29, 0.717) is 6.42 Å². The smallest absolute Gasteiger partial charge is 0.121 e. The van der Waals surface area contributed by atoms with E-state index in [2.05, 4.69) is 19.9 Å². The number of hydrogen-bond donors (Lipinski definition) is 1. The minimum Gasteiger partial charge on any atom is -0.327 e. The van der Waals surface area contributed by atoms with E-state index in [-0.39, 0.29) is 6.04 Å². The van der Waals surface area contributed by atoms with Gasteiger partial charge < -0.3 is 10.5 Å². The number of aldehydes is 1. The molecule has 0 aliphatic rings. The Hall–Kier alpha value is -0.630. The van der Waals surface area contributed by atoms with Gasteiger partial charge in [-0.3, -0.25) is 0 Å². The molecule has 2 N–H and O–H groups in total. The second-order valence-corrected chi connectivity index (χ2v) is 3.02. The van der Waals surface area contributed by atoms with E-state index in [1.165, 1.54) is 5.57 Å². The summed E-state index contributed by atoms with van der Waals surface area (Å²) in [6.07, 6.45) is 5.40. The maximum absolute atomic E-state index is 10.0. The summed E-state index contributed by atoms with van der Waals surface area (Å²) in [6, 6.07) is 0.0445. The van der Waals surface area contributed by atoms with Gasteiger partial charge in [0, 0.05) is 12.5 Å². The molecule has 0 aliphatic heterocycles. The summed E-state index contributed by atoms with van der Waals surface area (Å²) in [5, 5.41) is 0. The molecule has 0 rings (SSSR count). The first-order valence-corrected chi connectivity index (χ1v) is 3.99. The summed E-state index contributed by atoms with van der Waals surface area (Å²) in [5.41, 5.74) is 6.92. The number of rotatable bonds is 5. The van der Waals surface area contributed by atoms with E-state index >= 15 is 0 Å². The highest BCUT2D eigenvalue weighted by atomic mass is 16.1. The number of allylic oxidation sites excluding steroid dienone is 2. The summed E-state index contributed by atoms with van der Waals surface area (Å²) in [6.45, 7) is 4.12. The highest BCUT2D eigenvalue weighted by Gasteiger charge is 1.98. The van der Waals surface area contributed by atoms with Crippen LogP contribution in [0.3, 0.4) is 0 Å². The average molecular weight is 155 g/mol. The summed E-state index contributed by atoms with van der Waals surface area (Å²) in [5.74, 6) is 0. The highest BCUT2D eigenvalue weighted by molar-refractivity contribution is 5.50. The Morgan fingerprint density at radius 3 is 2.64 bits per heavy atom. The minimum atomic E-state index is 0.0445. The molecule has 0 heterocycles. The minimum absolute atomic E-state index is 0.0445. The predicted molar refractivity (Wildman–Crippen MR) is 47.3 cm³/mol. The summed E-state index contributed by atoms with van der Waals surface area (Å²) in [4.78, 5) is 10.0. The van der Waals surface area contributed by atoms with E-state index in [1.54, 1.807) is 0 Å². The van der Waals surface area contributed by atoms with Gasteiger partial charge in [-0.2, -0.15) is 0 Å². The molecule has 0 fully saturated rings. The van der Waals surface area contributed by atoms with Crippen molar-refractivity contribution in [2.45, 2.75) is 39.2 Å². The van der Waals surface area contributed by atoms with Crippen LogP contribution in [0.5, 0.6) is 0 Å². The molecule has 0 aromatic carbocycles. The van der Waals surface area contributed by atoms with Crippen molar-refractivity contribution in [1.82, 2.24) is 0 Å². The largest absolute Gasteiger partial charge is 0.327 e. The second kappa shape index (κ2) is 6.10. The van der Waals surface area contributed by atoms with Crippen LogP contribution in [0.25, 0.3) is 0 Å². The first-order valence-electron chi connectivity index (χ1n) is 3.99. The zero-order valence-electron chi connectivity index (χ0n) is 7.34. The van der Waals surface area contributed by atoms with Crippen molar-refractivity contribution in [2.24, 2.45) is 5.73 Å². The van der Waals surface area contributed by atoms with Crippen molar-refractivity contribution in [3.8, 4) is 0 Å². The maximum Gasteiger partial charge on any atom is 0.121 e. The third-order valence-electron chi connectivity index (χ3n) is 1.49. The monoisotopic (exact) mass is 155 g/mol. The fourth-order valence-corrected chi connectivity index (χ4v) is 0.828. The molecule has 2 nitrogen and oxygen atoms in total. The summed E-state index contributed by atoms with van der Waals surface area (Å²) < 4.78 is 0. The van der Waals surface area contributed by atoms with E-state index in [0.717, 1.165) is 19.1 Å². The van der Waals surface area contributed by atoms with Gasteiger partial charge >= 0.3 is 0 Å². The van der Waals surface area contributed by atoms with Crippen LogP contribution in [0.2, 0.25) is 0 Å². The fourth-order valence-electron chi connectivity index (χ4n) is 0.828. The molecular weight excluding hydrogens is 138 g/mol. The molecule has 2 heteroatoms. The molecule has 0 unspecified atom stereocenters. The van der Waals surface area contributed by atoms with Crippen LogP contribution < -0.4 is 5.73 Å². The molecule has 0 amide bonds. The zero-order chi connectivity index (χ0) is 8.69. The molecular formula is C9H17NO. The van der Waals surface area contributed by atoms with Crippen molar-refractivity contribution < 1.29 is 4.79 Å². The lowest BCUT2D eigenvalue weighted by molar-refractivity contribution is -0.108. The van der Waals surface area contributed by atoms with Crippen LogP contribution >= 0.6 is 0 Å². The van der Waals surface area contributed by atoms with Crippen molar-refractivity contribution in [1.29, 1.82) is 0 Å². The van der Waals surface area contributed by atoms with Crippen LogP contribution in [0.4, 0.5) is 0 Å². The van der Waals surface area contributed by atoms with Crippen LogP contribution in [0, 0.1) is 0 Å². The molecule has 0 aliphatic carbocycles. The average Bonchev–Trinajstić information content (AvgIpc) is 1.87. The lowest BCUT2D eigenvalue weighted by Gasteiger charge is -2.04. The van der Waals surface area contributed by atoms with Crippen LogP contribution in [-0.4, -0.2) is 12.3 Å². The Morgan fingerprint density at radius 2 is 2.18 bits per heavy atom. The lowest BCUT2D eigenvalue weighted by Crippen LogP contribution is -2.19. The van der Waals surface area contributed by atoms with Gasteiger partial charge in [-0.1, -0.05) is 11.6 Å². The van der Waals surface area contributed by atoms with E-state index in [4.69, 9.17) is 5.73 Å². The number of hydrogen-bond acceptors (Lipinski definition) is 2. The Balaban J connectivity index is 3.38. The molecule has 0 radical (unpaired) electrons. The Morgan fingerprint density at radius 1 is 1.55 bits per heavy atom. The first-order chi connectivity index (χ1) is 5.16. The fraction of sp³-hybridized carbons (Fsp3) is 0.667. The molecule has 0 aromatic rings. The highest BCUT2D eigenvalue weighted by Crippen LogP contribution is 2.01. The standard InChI is InChI=1S/C9H17NO/c1-8(2)4-3-5-9(10)6-7-11/h4,7,9H,3,5-6,10H2,1-2H3/t9-/m0/s1. The van der Waals surface area contributed by atoms with Gasteiger partial charge in [0.25, 0.3) is 0 Å². The van der Waals surface area contributed by atoms with Gasteiger partial charge in [-0.15, -0.1) is 0 Å². The van der Waals surface area contributed by atoms with Crippen molar-refractivity contribution >= 4 is 6.29 Å².